The van der Waals surface area contributed by atoms with Crippen LogP contribution >= 0.6 is 23.2 Å². The molecule has 3 fully saturated rings. The van der Waals surface area contributed by atoms with Crippen LogP contribution in [0.4, 0.5) is 11.4 Å². The number of piperidine rings is 1. The molecule has 1 aliphatic carbocycles. The van der Waals surface area contributed by atoms with Gasteiger partial charge in [0.1, 0.15) is 16.6 Å². The number of hydrogen-bond donors (Lipinski definition) is 5. The summed E-state index contributed by atoms with van der Waals surface area (Å²) in [6, 6.07) is 19.5. The summed E-state index contributed by atoms with van der Waals surface area (Å²) in [5.74, 6) is 3.80. The minimum Gasteiger partial charge on any atom is -0.352 e. The van der Waals surface area contributed by atoms with Gasteiger partial charge < -0.3 is 20.9 Å². The topological polar surface area (TPSA) is 179 Å². The third-order valence-corrected chi connectivity index (χ3v) is 14.3. The molecule has 1 aromatic heterocycles. The van der Waals surface area contributed by atoms with E-state index in [-0.39, 0.29) is 59.5 Å². The summed E-state index contributed by atoms with van der Waals surface area (Å²) in [6.07, 6.45) is 6.16. The van der Waals surface area contributed by atoms with Crippen LogP contribution in [0.25, 0.3) is 0 Å². The standard InChI is InChI=1S/C49H47Cl2N7O6/c1-47(2)19-21-48(22-20-47)49(35-15-12-31(50)26-36(35)55-46(49)64)40(30-18-24-52-38(51)25-30)41(57-48)44(62)54-32-13-10-29(11-14-32)42(60)53-23-5-3-4-7-28-8-6-9-33-34(28)27-58(45(33)63)37-16-17-39(59)56-43(37)61/h6,8-15,18,24-26,37,40-41,57H,3,5,16-17,19-23,27H2,1-2H3,(H,53,60)(H,54,62)(H,55,64)(H,56,59,61)/t37?,40-,41+,49+/m0/s1. The molecule has 328 valence electrons. The van der Waals surface area contributed by atoms with Crippen LogP contribution < -0.4 is 26.6 Å². The van der Waals surface area contributed by atoms with Crippen molar-refractivity contribution >= 4 is 70.0 Å². The molecule has 1 unspecified atom stereocenters. The van der Waals surface area contributed by atoms with Crippen molar-refractivity contribution < 1.29 is 28.8 Å². The Bertz CT molecular complexity index is 2680. The summed E-state index contributed by atoms with van der Waals surface area (Å²) in [5.41, 5.74) is 3.12. The Labute approximate surface area is 380 Å². The first-order chi connectivity index (χ1) is 30.7. The summed E-state index contributed by atoms with van der Waals surface area (Å²) < 4.78 is 0. The summed E-state index contributed by atoms with van der Waals surface area (Å²) in [6.45, 7) is 5.09. The number of carbonyl (C=O) groups is 6. The van der Waals surface area contributed by atoms with E-state index in [2.05, 4.69) is 57.3 Å². The van der Waals surface area contributed by atoms with Gasteiger partial charge in [-0.25, -0.2) is 4.98 Å². The largest absolute Gasteiger partial charge is 0.352 e. The number of aromatic nitrogens is 1. The first-order valence-corrected chi connectivity index (χ1v) is 22.4. The van der Waals surface area contributed by atoms with E-state index >= 15 is 0 Å². The van der Waals surface area contributed by atoms with E-state index in [1.54, 1.807) is 60.8 Å². The number of imide groups is 1. The maximum Gasteiger partial charge on any atom is 0.255 e. The van der Waals surface area contributed by atoms with Gasteiger partial charge in [0.2, 0.25) is 23.6 Å². The molecule has 1 saturated carbocycles. The zero-order valence-electron chi connectivity index (χ0n) is 35.4. The molecule has 2 spiro atoms. The number of benzene rings is 3. The molecular formula is C49H47Cl2N7O6. The number of anilines is 2. The average molecular weight is 901 g/mol. The number of unbranched alkanes of at least 4 members (excludes halogenated alkanes) is 1. The number of rotatable bonds is 8. The zero-order chi connectivity index (χ0) is 45.0. The monoisotopic (exact) mass is 899 g/mol. The maximum atomic E-state index is 14.8. The predicted molar refractivity (Wildman–Crippen MR) is 242 cm³/mol. The highest BCUT2D eigenvalue weighted by Gasteiger charge is 2.72. The SMILES string of the molecule is CC1(C)CCC2(CC1)N[C@@H](C(=O)Nc1ccc(C(=O)NCCCC#Cc3cccc4c3CN(C3CCC(=O)NC3=O)C4=O)cc1)[C@H](c1ccnc(Cl)c1)[C@]21C(=O)Nc2cc(Cl)ccc21. The van der Waals surface area contributed by atoms with Crippen LogP contribution in [-0.2, 0) is 31.1 Å². The number of hydrogen-bond acceptors (Lipinski definition) is 8. The smallest absolute Gasteiger partial charge is 0.255 e. The average Bonchev–Trinajstić information content (AvgIpc) is 3.87. The molecule has 4 aliphatic heterocycles. The highest BCUT2D eigenvalue weighted by molar-refractivity contribution is 6.31. The van der Waals surface area contributed by atoms with Gasteiger partial charge >= 0.3 is 0 Å². The minimum absolute atomic E-state index is 0.0585. The molecule has 13 nitrogen and oxygen atoms in total. The molecular weight excluding hydrogens is 853 g/mol. The molecule has 2 saturated heterocycles. The van der Waals surface area contributed by atoms with E-state index in [0.717, 1.165) is 24.0 Å². The molecule has 5 aliphatic rings. The second kappa shape index (κ2) is 16.8. The van der Waals surface area contributed by atoms with Crippen molar-refractivity contribution in [1.29, 1.82) is 0 Å². The second-order valence-electron chi connectivity index (χ2n) is 18.2. The Morgan fingerprint density at radius 2 is 1.72 bits per heavy atom. The molecule has 5 heterocycles. The molecule has 3 aromatic carbocycles. The fourth-order valence-electron chi connectivity index (χ4n) is 10.6. The van der Waals surface area contributed by atoms with Crippen LogP contribution in [0.15, 0.2) is 79.0 Å². The Kier molecular flexibility index (Phi) is 11.3. The van der Waals surface area contributed by atoms with Crippen molar-refractivity contribution in [2.75, 3.05) is 17.2 Å². The lowest BCUT2D eigenvalue weighted by Gasteiger charge is -2.50. The van der Waals surface area contributed by atoms with Gasteiger partial charge in [-0.2, -0.15) is 0 Å². The zero-order valence-corrected chi connectivity index (χ0v) is 36.9. The Morgan fingerprint density at radius 1 is 0.938 bits per heavy atom. The Balaban J connectivity index is 0.861. The van der Waals surface area contributed by atoms with Crippen molar-refractivity contribution in [3.8, 4) is 11.8 Å². The fourth-order valence-corrected chi connectivity index (χ4v) is 10.9. The second-order valence-corrected chi connectivity index (χ2v) is 19.0. The Hall–Kier alpha value is -6.07. The van der Waals surface area contributed by atoms with E-state index < -0.39 is 34.9 Å². The molecule has 0 radical (unpaired) electrons. The van der Waals surface area contributed by atoms with Gasteiger partial charge in [0.25, 0.3) is 11.8 Å². The Morgan fingerprint density at radius 3 is 2.47 bits per heavy atom. The van der Waals surface area contributed by atoms with Gasteiger partial charge in [0.05, 0.1) is 6.04 Å². The van der Waals surface area contributed by atoms with Crippen molar-refractivity contribution in [2.45, 2.75) is 101 Å². The third kappa shape index (κ3) is 7.61. The molecule has 9 rings (SSSR count). The van der Waals surface area contributed by atoms with Crippen LogP contribution in [0.1, 0.15) is 114 Å². The van der Waals surface area contributed by atoms with E-state index in [4.69, 9.17) is 23.2 Å². The maximum absolute atomic E-state index is 14.8. The highest BCUT2D eigenvalue weighted by atomic mass is 35.5. The molecule has 64 heavy (non-hydrogen) atoms. The molecule has 4 aromatic rings. The summed E-state index contributed by atoms with van der Waals surface area (Å²) in [5, 5.41) is 16.0. The van der Waals surface area contributed by atoms with Crippen molar-refractivity contribution in [2.24, 2.45) is 5.41 Å². The highest BCUT2D eigenvalue weighted by Crippen LogP contribution is 2.63. The van der Waals surface area contributed by atoms with Crippen molar-refractivity contribution in [3.63, 3.8) is 0 Å². The first kappa shape index (κ1) is 43.2. The third-order valence-electron chi connectivity index (χ3n) is 13.8. The number of nitrogens with one attached hydrogen (secondary N) is 5. The quantitative estimate of drug-likeness (QED) is 0.0566. The first-order valence-electron chi connectivity index (χ1n) is 21.6. The van der Waals surface area contributed by atoms with Gasteiger partial charge in [-0.3, -0.25) is 39.4 Å². The number of halogens is 2. The van der Waals surface area contributed by atoms with Crippen LogP contribution in [0, 0.1) is 17.3 Å². The lowest BCUT2D eigenvalue weighted by Crippen LogP contribution is -2.61. The van der Waals surface area contributed by atoms with Crippen LogP contribution in [-0.4, -0.2) is 69.5 Å². The lowest BCUT2D eigenvalue weighted by molar-refractivity contribution is -0.137. The van der Waals surface area contributed by atoms with E-state index in [0.29, 0.717) is 70.9 Å². The van der Waals surface area contributed by atoms with Gasteiger partial charge in [0.15, 0.2) is 0 Å². The number of carbonyl (C=O) groups excluding carboxylic acids is 6. The normalized spacial score (nSPS) is 23.8. The van der Waals surface area contributed by atoms with Gasteiger partial charge in [-0.05, 0) is 121 Å². The molecule has 15 heteroatoms. The number of pyridine rings is 1. The number of nitrogens with zero attached hydrogens (tertiary/aromatic N) is 2. The van der Waals surface area contributed by atoms with Crippen LogP contribution in [0.3, 0.4) is 0 Å². The van der Waals surface area contributed by atoms with Crippen molar-refractivity contribution in [1.82, 2.24) is 25.8 Å². The van der Waals surface area contributed by atoms with Crippen LogP contribution in [0.2, 0.25) is 10.2 Å². The molecule has 4 atom stereocenters. The molecule has 5 N–H and O–H groups in total. The predicted octanol–water partition coefficient (Wildman–Crippen LogP) is 6.63. The molecule has 0 bridgehead atoms. The summed E-state index contributed by atoms with van der Waals surface area (Å²) in [4.78, 5) is 85.5. The number of fused-ring (bicyclic) bond motifs is 4. The van der Waals surface area contributed by atoms with Crippen molar-refractivity contribution in [3.05, 3.63) is 123 Å². The van der Waals surface area contributed by atoms with E-state index in [9.17, 15) is 28.8 Å². The summed E-state index contributed by atoms with van der Waals surface area (Å²) in [7, 11) is 0. The van der Waals surface area contributed by atoms with Gasteiger partial charge in [-0.1, -0.05) is 61.0 Å². The molecule has 6 amide bonds. The minimum atomic E-state index is -1.17. The number of amides is 6. The van der Waals surface area contributed by atoms with Gasteiger partial charge in [-0.15, -0.1) is 0 Å². The van der Waals surface area contributed by atoms with E-state index in [1.165, 1.54) is 4.90 Å². The fraction of sp³-hybridized carbons (Fsp3) is 0.367. The van der Waals surface area contributed by atoms with Crippen LogP contribution in [0.5, 0.6) is 0 Å². The summed E-state index contributed by atoms with van der Waals surface area (Å²) >= 11 is 13.0. The lowest BCUT2D eigenvalue weighted by atomic mass is 9.53. The van der Waals surface area contributed by atoms with E-state index in [1.807, 2.05) is 18.2 Å². The van der Waals surface area contributed by atoms with Gasteiger partial charge in [0, 0.05) is 76.7 Å².